The molecule has 2 aromatic carbocycles. The summed E-state index contributed by atoms with van der Waals surface area (Å²) in [5.41, 5.74) is 3.63. The van der Waals surface area contributed by atoms with Gasteiger partial charge in [0.1, 0.15) is 23.5 Å². The number of carbonyl (C=O) groups is 2. The minimum atomic E-state index is -0.548. The highest BCUT2D eigenvalue weighted by Crippen LogP contribution is 2.37. The van der Waals surface area contributed by atoms with E-state index in [4.69, 9.17) is 0 Å². The average molecular weight is 412 g/mol. The summed E-state index contributed by atoms with van der Waals surface area (Å²) in [5.74, 6) is 0.0975. The molecule has 0 radical (unpaired) electrons. The first-order chi connectivity index (χ1) is 15.0. The van der Waals surface area contributed by atoms with E-state index in [1.165, 1.54) is 13.1 Å². The predicted octanol–water partition coefficient (Wildman–Crippen LogP) is 3.64. The van der Waals surface area contributed by atoms with Crippen molar-refractivity contribution in [3.05, 3.63) is 83.2 Å². The van der Waals surface area contributed by atoms with Crippen LogP contribution in [0.1, 0.15) is 31.0 Å². The first-order valence-electron chi connectivity index (χ1n) is 9.67. The summed E-state index contributed by atoms with van der Waals surface area (Å²) in [6.45, 7) is 3.24. The largest absolute Gasteiger partial charge is 0.343 e. The number of anilines is 3. The molecule has 154 valence electrons. The molecule has 2 heterocycles. The number of benzene rings is 2. The Morgan fingerprint density at radius 1 is 1.06 bits per heavy atom. The number of hydrogen-bond donors (Lipinski definition) is 3. The number of fused-ring (bicyclic) bond motifs is 1. The second-order valence-electron chi connectivity index (χ2n) is 7.15. The number of allylic oxidation sites excluding steroid dienone is 1. The maximum Gasteiger partial charge on any atom is 0.255 e. The molecule has 31 heavy (non-hydrogen) atoms. The minimum absolute atomic E-state index is 0.165. The van der Waals surface area contributed by atoms with Crippen molar-refractivity contribution in [3.63, 3.8) is 0 Å². The van der Waals surface area contributed by atoms with Gasteiger partial charge >= 0.3 is 0 Å². The van der Waals surface area contributed by atoms with Crippen molar-refractivity contribution < 1.29 is 9.59 Å². The number of aromatic nitrogens is 2. The number of hydrogen-bond acceptors (Lipinski definition) is 5. The minimum Gasteiger partial charge on any atom is -0.343 e. The van der Waals surface area contributed by atoms with Gasteiger partial charge in [-0.1, -0.05) is 30.3 Å². The van der Waals surface area contributed by atoms with Crippen LogP contribution in [0.4, 0.5) is 17.2 Å². The molecule has 0 fully saturated rings. The summed E-state index contributed by atoms with van der Waals surface area (Å²) < 4.78 is 1.64. The van der Waals surface area contributed by atoms with E-state index in [0.717, 1.165) is 5.56 Å². The molecule has 0 spiro atoms. The van der Waals surface area contributed by atoms with E-state index in [-0.39, 0.29) is 11.8 Å². The predicted molar refractivity (Wildman–Crippen MR) is 117 cm³/mol. The smallest absolute Gasteiger partial charge is 0.255 e. The summed E-state index contributed by atoms with van der Waals surface area (Å²) >= 11 is 0. The number of carbonyl (C=O) groups excluding carboxylic acids is 2. The Hall–Kier alpha value is -4.38. The maximum atomic E-state index is 13.3. The van der Waals surface area contributed by atoms with Gasteiger partial charge in [0.2, 0.25) is 5.91 Å². The molecule has 3 N–H and O–H groups in total. The number of nitriles is 1. The lowest BCUT2D eigenvalue weighted by atomic mass is 9.94. The Morgan fingerprint density at radius 2 is 1.74 bits per heavy atom. The summed E-state index contributed by atoms with van der Waals surface area (Å²) in [6.07, 6.45) is 1.48. The zero-order valence-electron chi connectivity index (χ0n) is 17.0. The van der Waals surface area contributed by atoms with Gasteiger partial charge in [-0.15, -0.1) is 0 Å². The molecular weight excluding hydrogens is 392 g/mol. The molecule has 0 saturated carbocycles. The fourth-order valence-corrected chi connectivity index (χ4v) is 3.61. The van der Waals surface area contributed by atoms with E-state index in [9.17, 15) is 14.9 Å². The number of nitrogens with zero attached hydrogens (tertiary/aromatic N) is 3. The molecule has 3 aromatic rings. The lowest BCUT2D eigenvalue weighted by molar-refractivity contribution is -0.114. The van der Waals surface area contributed by atoms with Gasteiger partial charge in [-0.2, -0.15) is 10.4 Å². The van der Waals surface area contributed by atoms with Crippen LogP contribution in [0.25, 0.3) is 0 Å². The van der Waals surface area contributed by atoms with Crippen molar-refractivity contribution in [2.75, 3.05) is 16.0 Å². The zero-order chi connectivity index (χ0) is 22.0. The van der Waals surface area contributed by atoms with E-state index >= 15 is 0 Å². The van der Waals surface area contributed by atoms with E-state index < -0.39 is 6.04 Å². The molecule has 4 rings (SSSR count). The molecule has 0 unspecified atom stereocenters. The van der Waals surface area contributed by atoms with Crippen LogP contribution in [-0.2, 0) is 9.59 Å². The third-order valence-corrected chi connectivity index (χ3v) is 4.97. The fourth-order valence-electron chi connectivity index (χ4n) is 3.61. The molecule has 8 nitrogen and oxygen atoms in total. The van der Waals surface area contributed by atoms with Crippen LogP contribution in [0, 0.1) is 11.3 Å². The highest BCUT2D eigenvalue weighted by molar-refractivity contribution is 6.06. The van der Waals surface area contributed by atoms with Crippen molar-refractivity contribution in [3.8, 4) is 6.07 Å². The van der Waals surface area contributed by atoms with Crippen LogP contribution in [0.15, 0.2) is 72.1 Å². The van der Waals surface area contributed by atoms with Crippen LogP contribution >= 0.6 is 0 Å². The van der Waals surface area contributed by atoms with Crippen molar-refractivity contribution in [2.24, 2.45) is 0 Å². The van der Waals surface area contributed by atoms with Gasteiger partial charge in [0.15, 0.2) is 0 Å². The Labute approximate surface area is 179 Å². The number of nitrogens with one attached hydrogen (secondary N) is 3. The highest BCUT2D eigenvalue weighted by atomic mass is 16.2. The van der Waals surface area contributed by atoms with E-state index in [1.54, 1.807) is 23.7 Å². The van der Waals surface area contributed by atoms with Gasteiger partial charge in [-0.3, -0.25) is 9.59 Å². The number of para-hydroxylation sites is 1. The zero-order valence-corrected chi connectivity index (χ0v) is 17.0. The highest BCUT2D eigenvalue weighted by Gasteiger charge is 2.34. The molecule has 1 aliphatic rings. The van der Waals surface area contributed by atoms with E-state index in [0.29, 0.717) is 34.0 Å². The first kappa shape index (κ1) is 19.9. The van der Waals surface area contributed by atoms with Crippen molar-refractivity contribution in [1.82, 2.24) is 9.78 Å². The molecular formula is C23H20N6O2. The van der Waals surface area contributed by atoms with Gasteiger partial charge in [-0.25, -0.2) is 4.68 Å². The maximum absolute atomic E-state index is 13.3. The molecule has 2 amide bonds. The van der Waals surface area contributed by atoms with Gasteiger partial charge in [0.25, 0.3) is 5.91 Å². The Bertz CT molecular complexity index is 1220. The second kappa shape index (κ2) is 8.16. The molecule has 0 saturated heterocycles. The topological polar surface area (TPSA) is 112 Å². The lowest BCUT2D eigenvalue weighted by Crippen LogP contribution is -2.31. The van der Waals surface area contributed by atoms with Crippen LogP contribution in [0.2, 0.25) is 0 Å². The van der Waals surface area contributed by atoms with E-state index in [2.05, 4.69) is 27.1 Å². The second-order valence-corrected chi connectivity index (χ2v) is 7.15. The van der Waals surface area contributed by atoms with Crippen LogP contribution in [0.3, 0.4) is 0 Å². The summed E-state index contributed by atoms with van der Waals surface area (Å²) in [5, 5.41) is 22.6. The lowest BCUT2D eigenvalue weighted by Gasteiger charge is -2.30. The van der Waals surface area contributed by atoms with Crippen LogP contribution in [-0.4, -0.2) is 21.6 Å². The Morgan fingerprint density at radius 3 is 2.39 bits per heavy atom. The normalized spacial score (nSPS) is 14.8. The van der Waals surface area contributed by atoms with Gasteiger partial charge in [0.05, 0.1) is 11.8 Å². The van der Waals surface area contributed by atoms with Crippen LogP contribution < -0.4 is 16.0 Å². The molecule has 1 aromatic heterocycles. The molecule has 1 atom stereocenters. The summed E-state index contributed by atoms with van der Waals surface area (Å²) in [6, 6.07) is 18.0. The Balaban J connectivity index is 1.77. The summed E-state index contributed by atoms with van der Waals surface area (Å²) in [7, 11) is 0. The average Bonchev–Trinajstić information content (AvgIpc) is 3.16. The monoisotopic (exact) mass is 412 g/mol. The number of amides is 2. The first-order valence-corrected chi connectivity index (χ1v) is 9.67. The third-order valence-electron chi connectivity index (χ3n) is 4.97. The standard InChI is InChI=1S/C23H20N6O2/c1-14-20(23(31)28-18-6-4-3-5-7-18)21(29-22(26-14)17(12-24)13-25-29)16-8-10-19(11-9-16)27-15(2)30/h3-11,13,21,26H,1-2H3,(H,27,30)(H,28,31)/t21-/m1/s1. The number of rotatable bonds is 4. The van der Waals surface area contributed by atoms with Crippen molar-refractivity contribution >= 4 is 29.0 Å². The van der Waals surface area contributed by atoms with Crippen molar-refractivity contribution in [1.29, 1.82) is 5.26 Å². The van der Waals surface area contributed by atoms with Crippen LogP contribution in [0.5, 0.6) is 0 Å². The molecule has 0 aliphatic carbocycles. The SMILES string of the molecule is CC(=O)Nc1ccc([C@@H]2C(C(=O)Nc3ccccc3)=C(C)Nc3c(C#N)cnn32)cc1. The Kier molecular flexibility index (Phi) is 5.24. The summed E-state index contributed by atoms with van der Waals surface area (Å²) in [4.78, 5) is 24.6. The van der Waals surface area contributed by atoms with E-state index in [1.807, 2.05) is 42.5 Å². The fraction of sp³-hybridized carbons (Fsp3) is 0.130. The van der Waals surface area contributed by atoms with Crippen molar-refractivity contribution in [2.45, 2.75) is 19.9 Å². The third kappa shape index (κ3) is 3.89. The molecule has 1 aliphatic heterocycles. The quantitative estimate of drug-likeness (QED) is 0.606. The van der Waals surface area contributed by atoms with Gasteiger partial charge < -0.3 is 16.0 Å². The molecule has 8 heteroatoms. The van der Waals surface area contributed by atoms with Gasteiger partial charge in [-0.05, 0) is 36.8 Å². The van der Waals surface area contributed by atoms with Gasteiger partial charge in [0, 0.05) is 24.0 Å². The molecule has 0 bridgehead atoms.